The summed E-state index contributed by atoms with van der Waals surface area (Å²) < 4.78 is 18.2. The van der Waals surface area contributed by atoms with Crippen LogP contribution in [-0.4, -0.2) is 16.0 Å². The van der Waals surface area contributed by atoms with Crippen LogP contribution in [0.1, 0.15) is 36.3 Å². The molecule has 0 fully saturated rings. The lowest BCUT2D eigenvalue weighted by atomic mass is 9.94. The van der Waals surface area contributed by atoms with Crippen molar-refractivity contribution in [2.75, 3.05) is 5.32 Å². The molecule has 0 saturated carbocycles. The number of nitro benzene ring substituents is 1. The normalized spacial score (nSPS) is 12.0. The highest BCUT2D eigenvalue weighted by Gasteiger charge is 2.27. The van der Waals surface area contributed by atoms with Crippen molar-refractivity contribution in [2.24, 2.45) is 0 Å². The van der Waals surface area contributed by atoms with E-state index in [4.69, 9.17) is 4.52 Å². The summed E-state index contributed by atoms with van der Waals surface area (Å²) in [5, 5.41) is 17.3. The molecule has 0 saturated heterocycles. The van der Waals surface area contributed by atoms with Crippen molar-refractivity contribution in [3.63, 3.8) is 0 Å². The van der Waals surface area contributed by atoms with Gasteiger partial charge in [-0.2, -0.15) is 0 Å². The van der Waals surface area contributed by atoms with E-state index in [0.29, 0.717) is 23.4 Å². The molecule has 23 heavy (non-hydrogen) atoms. The first-order chi connectivity index (χ1) is 10.8. The minimum absolute atomic E-state index is 0.0494. The SMILES string of the molecule is CCC(C(=O)Nc1ccc(F)cc1[N+](=O)[O-])c1c(C)noc1C. The third kappa shape index (κ3) is 3.36. The van der Waals surface area contributed by atoms with Crippen molar-refractivity contribution >= 4 is 17.3 Å². The fraction of sp³-hybridized carbons (Fsp3) is 0.333. The van der Waals surface area contributed by atoms with E-state index in [1.54, 1.807) is 13.8 Å². The Morgan fingerprint density at radius 1 is 1.48 bits per heavy atom. The van der Waals surface area contributed by atoms with E-state index in [9.17, 15) is 19.3 Å². The third-order valence-corrected chi connectivity index (χ3v) is 3.58. The highest BCUT2D eigenvalue weighted by atomic mass is 19.1. The van der Waals surface area contributed by atoms with Crippen LogP contribution >= 0.6 is 0 Å². The highest BCUT2D eigenvalue weighted by Crippen LogP contribution is 2.30. The molecule has 0 aliphatic heterocycles. The van der Waals surface area contributed by atoms with E-state index in [2.05, 4.69) is 10.5 Å². The smallest absolute Gasteiger partial charge is 0.295 e. The lowest BCUT2D eigenvalue weighted by Gasteiger charge is -2.15. The molecule has 2 aromatic rings. The Morgan fingerprint density at radius 3 is 2.70 bits per heavy atom. The van der Waals surface area contributed by atoms with Gasteiger partial charge in [-0.25, -0.2) is 4.39 Å². The Kier molecular flexibility index (Phi) is 4.73. The molecule has 1 N–H and O–H groups in total. The van der Waals surface area contributed by atoms with Crippen molar-refractivity contribution in [2.45, 2.75) is 33.1 Å². The summed E-state index contributed by atoms with van der Waals surface area (Å²) in [6.07, 6.45) is 0.462. The van der Waals surface area contributed by atoms with Crippen molar-refractivity contribution in [1.82, 2.24) is 5.16 Å². The van der Waals surface area contributed by atoms with Crippen LogP contribution in [0, 0.1) is 29.8 Å². The second-order valence-electron chi connectivity index (χ2n) is 5.11. The number of amides is 1. The number of anilines is 1. The molecule has 2 rings (SSSR count). The van der Waals surface area contributed by atoms with Crippen LogP contribution in [0.15, 0.2) is 22.7 Å². The number of aryl methyl sites for hydroxylation is 2. The number of hydrogen-bond donors (Lipinski definition) is 1. The number of carbonyl (C=O) groups excluding carboxylic acids is 1. The first-order valence-electron chi connectivity index (χ1n) is 7.02. The number of nitrogens with zero attached hydrogens (tertiary/aromatic N) is 2. The zero-order valence-electron chi connectivity index (χ0n) is 12.9. The molecule has 7 nitrogen and oxygen atoms in total. The van der Waals surface area contributed by atoms with Gasteiger partial charge < -0.3 is 9.84 Å². The number of nitrogens with one attached hydrogen (secondary N) is 1. The maximum atomic E-state index is 13.2. The number of benzene rings is 1. The topological polar surface area (TPSA) is 98.3 Å². The lowest BCUT2D eigenvalue weighted by molar-refractivity contribution is -0.384. The maximum absolute atomic E-state index is 13.2. The van der Waals surface area contributed by atoms with Gasteiger partial charge in [0.25, 0.3) is 5.69 Å². The second-order valence-corrected chi connectivity index (χ2v) is 5.11. The minimum Gasteiger partial charge on any atom is -0.361 e. The average Bonchev–Trinajstić information content (AvgIpc) is 2.82. The van der Waals surface area contributed by atoms with E-state index in [1.807, 2.05) is 6.92 Å². The van der Waals surface area contributed by atoms with Gasteiger partial charge in [0.05, 0.1) is 22.6 Å². The zero-order valence-corrected chi connectivity index (χ0v) is 12.9. The van der Waals surface area contributed by atoms with E-state index in [0.717, 1.165) is 12.1 Å². The Labute approximate surface area is 131 Å². The zero-order chi connectivity index (χ0) is 17.1. The molecule has 0 aliphatic rings. The highest BCUT2D eigenvalue weighted by molar-refractivity contribution is 5.97. The summed E-state index contributed by atoms with van der Waals surface area (Å²) in [6, 6.07) is 3.00. The van der Waals surface area contributed by atoms with Gasteiger partial charge in [-0.05, 0) is 32.4 Å². The van der Waals surface area contributed by atoms with Crippen LogP contribution in [0.25, 0.3) is 0 Å². The molecular formula is C15H16FN3O4. The first-order valence-corrected chi connectivity index (χ1v) is 7.02. The van der Waals surface area contributed by atoms with E-state index in [1.165, 1.54) is 6.07 Å². The number of nitro groups is 1. The Hall–Kier alpha value is -2.77. The van der Waals surface area contributed by atoms with Crippen LogP contribution in [0.4, 0.5) is 15.8 Å². The van der Waals surface area contributed by atoms with Crippen LogP contribution in [0.5, 0.6) is 0 Å². The van der Waals surface area contributed by atoms with Gasteiger partial charge in [0.2, 0.25) is 5.91 Å². The predicted octanol–water partition coefficient (Wildman–Crippen LogP) is 3.47. The van der Waals surface area contributed by atoms with Gasteiger partial charge in [0, 0.05) is 5.56 Å². The van der Waals surface area contributed by atoms with Gasteiger partial charge in [0.1, 0.15) is 17.3 Å². The fourth-order valence-electron chi connectivity index (χ4n) is 2.49. The Bertz CT molecular complexity index is 738. The van der Waals surface area contributed by atoms with Crippen molar-refractivity contribution < 1.29 is 18.6 Å². The maximum Gasteiger partial charge on any atom is 0.295 e. The van der Waals surface area contributed by atoms with Gasteiger partial charge in [-0.1, -0.05) is 12.1 Å². The second kappa shape index (κ2) is 6.55. The molecule has 0 bridgehead atoms. The summed E-state index contributed by atoms with van der Waals surface area (Å²) in [6.45, 7) is 5.24. The van der Waals surface area contributed by atoms with Gasteiger partial charge in [-0.15, -0.1) is 0 Å². The number of rotatable bonds is 5. The predicted molar refractivity (Wildman–Crippen MR) is 80.7 cm³/mol. The van der Waals surface area contributed by atoms with Crippen molar-refractivity contribution in [3.8, 4) is 0 Å². The summed E-state index contributed by atoms with van der Waals surface area (Å²) in [5.74, 6) is -1.21. The lowest BCUT2D eigenvalue weighted by Crippen LogP contribution is -2.22. The van der Waals surface area contributed by atoms with Gasteiger partial charge in [-0.3, -0.25) is 14.9 Å². The molecule has 0 spiro atoms. The largest absolute Gasteiger partial charge is 0.361 e. The minimum atomic E-state index is -0.743. The monoisotopic (exact) mass is 321 g/mol. The summed E-state index contributed by atoms with van der Waals surface area (Å²) in [5.41, 5.74) is 0.714. The molecule has 1 atom stereocenters. The molecule has 1 unspecified atom stereocenters. The van der Waals surface area contributed by atoms with Crippen molar-refractivity contribution in [3.05, 3.63) is 51.1 Å². The summed E-state index contributed by atoms with van der Waals surface area (Å²) in [7, 11) is 0. The van der Waals surface area contributed by atoms with Gasteiger partial charge >= 0.3 is 0 Å². The molecule has 0 aliphatic carbocycles. The molecule has 0 radical (unpaired) electrons. The van der Waals surface area contributed by atoms with Crippen LogP contribution in [0.2, 0.25) is 0 Å². The molecule has 1 amide bonds. The van der Waals surface area contributed by atoms with Crippen molar-refractivity contribution in [1.29, 1.82) is 0 Å². The Balaban J connectivity index is 2.33. The van der Waals surface area contributed by atoms with Crippen LogP contribution < -0.4 is 5.32 Å². The molecule has 1 aromatic heterocycles. The van der Waals surface area contributed by atoms with E-state index >= 15 is 0 Å². The number of carbonyl (C=O) groups is 1. The van der Waals surface area contributed by atoms with Gasteiger partial charge in [0.15, 0.2) is 0 Å². The molecule has 122 valence electrons. The first kappa shape index (κ1) is 16.6. The third-order valence-electron chi connectivity index (χ3n) is 3.58. The number of halogens is 1. The molecule has 1 heterocycles. The standard InChI is InChI=1S/C15H16FN3O4/c1-4-11(14-8(2)18-23-9(14)3)15(20)17-12-6-5-10(16)7-13(12)19(21)22/h5-7,11H,4H2,1-3H3,(H,17,20). The van der Waals surface area contributed by atoms with Crippen LogP contribution in [-0.2, 0) is 4.79 Å². The fourth-order valence-corrected chi connectivity index (χ4v) is 2.49. The number of hydrogen-bond acceptors (Lipinski definition) is 5. The molecule has 8 heteroatoms. The molecule has 1 aromatic carbocycles. The van der Waals surface area contributed by atoms with E-state index in [-0.39, 0.29) is 5.69 Å². The van der Waals surface area contributed by atoms with Crippen LogP contribution in [0.3, 0.4) is 0 Å². The number of aromatic nitrogens is 1. The van der Waals surface area contributed by atoms with E-state index < -0.39 is 28.3 Å². The Morgan fingerprint density at radius 2 is 2.17 bits per heavy atom. The quantitative estimate of drug-likeness (QED) is 0.671. The molecular weight excluding hydrogens is 305 g/mol. The average molecular weight is 321 g/mol. The summed E-state index contributed by atoms with van der Waals surface area (Å²) >= 11 is 0. The summed E-state index contributed by atoms with van der Waals surface area (Å²) in [4.78, 5) is 22.8.